The summed E-state index contributed by atoms with van der Waals surface area (Å²) in [4.78, 5) is 14.2. The molecule has 0 atom stereocenters. The van der Waals surface area contributed by atoms with E-state index in [9.17, 15) is 4.79 Å². The number of carbonyl (C=O) groups excluding carboxylic acids is 1. The van der Waals surface area contributed by atoms with E-state index in [0.717, 1.165) is 12.1 Å². The molecule has 0 saturated heterocycles. The van der Waals surface area contributed by atoms with Crippen LogP contribution in [0.5, 0.6) is 5.75 Å². The van der Waals surface area contributed by atoms with E-state index in [1.165, 1.54) is 0 Å². The summed E-state index contributed by atoms with van der Waals surface area (Å²) >= 11 is 0. The van der Waals surface area contributed by atoms with Crippen LogP contribution in [0.2, 0.25) is 0 Å². The predicted molar refractivity (Wildman–Crippen MR) is 67.2 cm³/mol. The third kappa shape index (κ3) is 2.56. The van der Waals surface area contributed by atoms with E-state index >= 15 is 0 Å². The van der Waals surface area contributed by atoms with Crippen LogP contribution >= 0.6 is 0 Å². The highest BCUT2D eigenvalue weighted by atomic mass is 16.5. The molecular formula is C14H15NO2. The topological polar surface area (TPSA) is 29.5 Å². The maximum Gasteiger partial charge on any atom is 0.192 e. The van der Waals surface area contributed by atoms with E-state index in [1.807, 2.05) is 42.4 Å². The number of nitrogens with zero attached hydrogens (tertiary/aromatic N) is 1. The molecule has 2 rings (SSSR count). The molecular weight excluding hydrogens is 214 g/mol. The first-order valence-electron chi connectivity index (χ1n) is 5.48. The van der Waals surface area contributed by atoms with Crippen molar-refractivity contribution >= 4 is 5.78 Å². The van der Waals surface area contributed by atoms with Gasteiger partial charge in [-0.2, -0.15) is 0 Å². The lowest BCUT2D eigenvalue weighted by Gasteiger charge is -2.16. The number of carbonyl (C=O) groups is 1. The van der Waals surface area contributed by atoms with Crippen LogP contribution in [0, 0.1) is 0 Å². The van der Waals surface area contributed by atoms with Gasteiger partial charge in [-0.1, -0.05) is 18.2 Å². The smallest absolute Gasteiger partial charge is 0.192 e. The molecule has 0 aromatic heterocycles. The molecule has 88 valence electrons. The number of likely N-dealkylation sites (N-methyl/N-ethyl adjacent to an activating group) is 1. The van der Waals surface area contributed by atoms with E-state index in [-0.39, 0.29) is 5.78 Å². The van der Waals surface area contributed by atoms with Crippen LogP contribution in [-0.2, 0) is 0 Å². The minimum Gasteiger partial charge on any atom is -0.497 e. The van der Waals surface area contributed by atoms with Gasteiger partial charge < -0.3 is 9.64 Å². The normalized spacial score (nSPS) is 14.5. The minimum absolute atomic E-state index is 0.0354. The molecule has 0 amide bonds. The van der Waals surface area contributed by atoms with Crippen LogP contribution in [0.4, 0.5) is 0 Å². The summed E-state index contributed by atoms with van der Waals surface area (Å²) < 4.78 is 5.11. The van der Waals surface area contributed by atoms with Gasteiger partial charge in [-0.15, -0.1) is 0 Å². The summed E-state index contributed by atoms with van der Waals surface area (Å²) in [6.07, 6.45) is 5.68. The number of Topliss-reactive ketones (excluding diaryl/α,β-unsaturated/α-hetero) is 1. The molecule has 1 heterocycles. The van der Waals surface area contributed by atoms with Gasteiger partial charge in [0, 0.05) is 24.7 Å². The average molecular weight is 229 g/mol. The lowest BCUT2D eigenvalue weighted by atomic mass is 10.0. The van der Waals surface area contributed by atoms with Gasteiger partial charge in [0.2, 0.25) is 0 Å². The molecule has 0 aliphatic carbocycles. The number of rotatable bonds is 3. The quantitative estimate of drug-likeness (QED) is 0.745. The lowest BCUT2D eigenvalue weighted by molar-refractivity contribution is 0.103. The highest BCUT2D eigenvalue weighted by molar-refractivity contribution is 6.10. The van der Waals surface area contributed by atoms with E-state index in [4.69, 9.17) is 4.74 Å². The number of hydrogen-bond acceptors (Lipinski definition) is 3. The molecule has 1 aliphatic rings. The molecule has 0 bridgehead atoms. The Labute approximate surface area is 101 Å². The van der Waals surface area contributed by atoms with Gasteiger partial charge in [0.1, 0.15) is 5.75 Å². The molecule has 1 aromatic carbocycles. The second-order valence-electron chi connectivity index (χ2n) is 3.98. The SMILES string of the molecule is COc1cccc(C(=O)C2=CCN(C)C=C2)c1. The second kappa shape index (κ2) is 4.87. The highest BCUT2D eigenvalue weighted by Crippen LogP contribution is 2.17. The number of methoxy groups -OCH3 is 1. The van der Waals surface area contributed by atoms with Crippen molar-refractivity contribution in [3.63, 3.8) is 0 Å². The fraction of sp³-hybridized carbons (Fsp3) is 0.214. The zero-order valence-electron chi connectivity index (χ0n) is 10.0. The molecule has 0 unspecified atom stereocenters. The summed E-state index contributed by atoms with van der Waals surface area (Å²) in [5, 5.41) is 0. The largest absolute Gasteiger partial charge is 0.497 e. The summed E-state index contributed by atoms with van der Waals surface area (Å²) in [6, 6.07) is 7.22. The Morgan fingerprint density at radius 1 is 1.41 bits per heavy atom. The maximum atomic E-state index is 12.2. The van der Waals surface area contributed by atoms with Crippen molar-refractivity contribution in [2.24, 2.45) is 0 Å². The number of benzene rings is 1. The van der Waals surface area contributed by atoms with E-state index in [1.54, 1.807) is 19.2 Å². The summed E-state index contributed by atoms with van der Waals surface area (Å²) in [5.41, 5.74) is 1.39. The number of ether oxygens (including phenoxy) is 1. The first-order chi connectivity index (χ1) is 8.20. The van der Waals surface area contributed by atoms with Crippen LogP contribution in [0.1, 0.15) is 10.4 Å². The van der Waals surface area contributed by atoms with Crippen LogP contribution in [-0.4, -0.2) is 31.4 Å². The van der Waals surface area contributed by atoms with Gasteiger partial charge in [-0.25, -0.2) is 0 Å². The Balaban J connectivity index is 2.23. The molecule has 0 saturated carbocycles. The molecule has 17 heavy (non-hydrogen) atoms. The molecule has 0 N–H and O–H groups in total. The zero-order chi connectivity index (χ0) is 12.3. The van der Waals surface area contributed by atoms with Crippen LogP contribution < -0.4 is 4.74 Å². The van der Waals surface area contributed by atoms with E-state index in [2.05, 4.69) is 0 Å². The monoisotopic (exact) mass is 229 g/mol. The average Bonchev–Trinajstić information content (AvgIpc) is 2.39. The third-order valence-electron chi connectivity index (χ3n) is 2.70. The van der Waals surface area contributed by atoms with Gasteiger partial charge >= 0.3 is 0 Å². The van der Waals surface area contributed by atoms with E-state index < -0.39 is 0 Å². The Hall–Kier alpha value is -2.03. The van der Waals surface area contributed by atoms with E-state index in [0.29, 0.717) is 11.3 Å². The summed E-state index contributed by atoms with van der Waals surface area (Å²) in [6.45, 7) is 0.765. The van der Waals surface area contributed by atoms with Crippen molar-refractivity contribution in [1.82, 2.24) is 4.90 Å². The summed E-state index contributed by atoms with van der Waals surface area (Å²) in [7, 11) is 3.57. The molecule has 0 fully saturated rings. The Kier molecular flexibility index (Phi) is 3.28. The van der Waals surface area contributed by atoms with Gasteiger partial charge in [-0.05, 0) is 24.4 Å². The van der Waals surface area contributed by atoms with Gasteiger partial charge in [0.25, 0.3) is 0 Å². The first-order valence-corrected chi connectivity index (χ1v) is 5.48. The number of allylic oxidation sites excluding steroid dienone is 2. The predicted octanol–water partition coefficient (Wildman–Crippen LogP) is 2.26. The molecule has 1 aliphatic heterocycles. The van der Waals surface area contributed by atoms with Crippen molar-refractivity contribution in [3.8, 4) is 5.75 Å². The molecule has 0 radical (unpaired) electrons. The standard InChI is InChI=1S/C14H15NO2/c1-15-8-6-11(7-9-15)14(16)12-4-3-5-13(10-12)17-2/h3-8,10H,9H2,1-2H3. The maximum absolute atomic E-state index is 12.2. The van der Waals surface area contributed by atoms with Gasteiger partial charge in [-0.3, -0.25) is 4.79 Å². The molecule has 3 heteroatoms. The second-order valence-corrected chi connectivity index (χ2v) is 3.98. The van der Waals surface area contributed by atoms with Crippen molar-refractivity contribution in [2.75, 3.05) is 20.7 Å². The Morgan fingerprint density at radius 3 is 2.88 bits per heavy atom. The Morgan fingerprint density at radius 2 is 2.24 bits per heavy atom. The molecule has 0 spiro atoms. The zero-order valence-corrected chi connectivity index (χ0v) is 10.0. The van der Waals surface area contributed by atoms with Crippen molar-refractivity contribution < 1.29 is 9.53 Å². The fourth-order valence-corrected chi connectivity index (χ4v) is 1.68. The minimum atomic E-state index is 0.0354. The van der Waals surface area contributed by atoms with Crippen molar-refractivity contribution in [1.29, 1.82) is 0 Å². The van der Waals surface area contributed by atoms with Crippen LogP contribution in [0.3, 0.4) is 0 Å². The van der Waals surface area contributed by atoms with Gasteiger partial charge in [0.05, 0.1) is 7.11 Å². The lowest BCUT2D eigenvalue weighted by Crippen LogP contribution is -2.16. The number of hydrogen-bond donors (Lipinski definition) is 0. The number of ketones is 1. The van der Waals surface area contributed by atoms with Gasteiger partial charge in [0.15, 0.2) is 5.78 Å². The molecule has 3 nitrogen and oxygen atoms in total. The first kappa shape index (κ1) is 11.5. The highest BCUT2D eigenvalue weighted by Gasteiger charge is 2.12. The van der Waals surface area contributed by atoms with Crippen molar-refractivity contribution in [3.05, 3.63) is 53.8 Å². The van der Waals surface area contributed by atoms with Crippen molar-refractivity contribution in [2.45, 2.75) is 0 Å². The molecule has 1 aromatic rings. The van der Waals surface area contributed by atoms with Crippen LogP contribution in [0.15, 0.2) is 48.2 Å². The van der Waals surface area contributed by atoms with Crippen LogP contribution in [0.25, 0.3) is 0 Å². The Bertz CT molecular complexity index is 489. The third-order valence-corrected chi connectivity index (χ3v) is 2.70. The summed E-state index contributed by atoms with van der Waals surface area (Å²) in [5.74, 6) is 0.738. The fourth-order valence-electron chi connectivity index (χ4n) is 1.68.